The molecule has 0 heterocycles. The number of hydrogen-bond donors (Lipinski definition) is 1. The molecule has 1 N–H and O–H groups in total. The van der Waals surface area contributed by atoms with Crippen LogP contribution in [0.5, 0.6) is 0 Å². The van der Waals surface area contributed by atoms with Crippen molar-refractivity contribution in [1.29, 1.82) is 0 Å². The molecular formula is C19H18Cl2FNO3. The maximum atomic E-state index is 14.0. The first kappa shape index (κ1) is 20.2. The molecule has 2 aromatic carbocycles. The second-order valence-electron chi connectivity index (χ2n) is 5.89. The molecule has 0 saturated heterocycles. The minimum atomic E-state index is -0.793. The zero-order valence-corrected chi connectivity index (χ0v) is 15.8. The molecular weight excluding hydrogens is 380 g/mol. The van der Waals surface area contributed by atoms with E-state index in [1.807, 2.05) is 0 Å². The lowest BCUT2D eigenvalue weighted by atomic mass is 10.0. The Labute approximate surface area is 161 Å². The third kappa shape index (κ3) is 5.19. The van der Waals surface area contributed by atoms with E-state index in [0.717, 1.165) is 6.07 Å². The molecule has 26 heavy (non-hydrogen) atoms. The summed E-state index contributed by atoms with van der Waals surface area (Å²) in [5.41, 5.74) is 0.235. The van der Waals surface area contributed by atoms with E-state index in [1.54, 1.807) is 38.1 Å². The Kier molecular flexibility index (Phi) is 7.00. The lowest BCUT2D eigenvalue weighted by Gasteiger charge is -2.21. The third-order valence-corrected chi connectivity index (χ3v) is 4.17. The number of benzene rings is 2. The van der Waals surface area contributed by atoms with E-state index in [1.165, 1.54) is 12.1 Å². The Hall–Kier alpha value is -2.11. The van der Waals surface area contributed by atoms with Gasteiger partial charge in [0.15, 0.2) is 0 Å². The van der Waals surface area contributed by atoms with Gasteiger partial charge in [0.05, 0.1) is 29.2 Å². The predicted molar refractivity (Wildman–Crippen MR) is 98.9 cm³/mol. The number of nitrogens with one attached hydrogen (secondary N) is 1. The topological polar surface area (TPSA) is 55.4 Å². The van der Waals surface area contributed by atoms with Gasteiger partial charge in [0.2, 0.25) is 0 Å². The molecule has 1 atom stereocenters. The quantitative estimate of drug-likeness (QED) is 0.701. The number of ether oxygens (including phenoxy) is 1. The SMILES string of the molecule is CC(C)OC(=O)CC(NC(=O)c1c(F)cccc1Cl)c1ccccc1Cl. The Bertz CT molecular complexity index is 791. The van der Waals surface area contributed by atoms with Crippen LogP contribution < -0.4 is 5.32 Å². The van der Waals surface area contributed by atoms with Crippen molar-refractivity contribution < 1.29 is 18.7 Å². The normalized spacial score (nSPS) is 11.9. The highest BCUT2D eigenvalue weighted by atomic mass is 35.5. The fraction of sp³-hybridized carbons (Fsp3) is 0.263. The second kappa shape index (κ2) is 9.01. The van der Waals surface area contributed by atoms with Gasteiger partial charge in [-0.3, -0.25) is 9.59 Å². The van der Waals surface area contributed by atoms with Crippen LogP contribution in [0.25, 0.3) is 0 Å². The first-order chi connectivity index (χ1) is 12.3. The first-order valence-electron chi connectivity index (χ1n) is 7.98. The van der Waals surface area contributed by atoms with Gasteiger partial charge in [-0.2, -0.15) is 0 Å². The van der Waals surface area contributed by atoms with Gasteiger partial charge in [0, 0.05) is 5.02 Å². The highest BCUT2D eigenvalue weighted by Gasteiger charge is 2.25. The molecule has 0 aliphatic carbocycles. The average molecular weight is 398 g/mol. The fourth-order valence-electron chi connectivity index (χ4n) is 2.42. The highest BCUT2D eigenvalue weighted by Crippen LogP contribution is 2.27. The summed E-state index contributed by atoms with van der Waals surface area (Å²) in [6, 6.07) is 9.93. The summed E-state index contributed by atoms with van der Waals surface area (Å²) in [5, 5.41) is 2.97. The smallest absolute Gasteiger partial charge is 0.308 e. The summed E-state index contributed by atoms with van der Waals surface area (Å²) in [6.07, 6.45) is -0.453. The van der Waals surface area contributed by atoms with Crippen molar-refractivity contribution >= 4 is 35.1 Å². The van der Waals surface area contributed by atoms with E-state index in [-0.39, 0.29) is 23.1 Å². The zero-order chi connectivity index (χ0) is 19.3. The van der Waals surface area contributed by atoms with Crippen molar-refractivity contribution in [1.82, 2.24) is 5.32 Å². The number of amides is 1. The molecule has 0 aromatic heterocycles. The van der Waals surface area contributed by atoms with Crippen LogP contribution in [0.2, 0.25) is 10.0 Å². The Morgan fingerprint density at radius 2 is 1.73 bits per heavy atom. The molecule has 0 saturated carbocycles. The predicted octanol–water partition coefficient (Wildman–Crippen LogP) is 4.95. The zero-order valence-electron chi connectivity index (χ0n) is 14.3. The van der Waals surface area contributed by atoms with Crippen molar-refractivity contribution in [3.8, 4) is 0 Å². The molecule has 138 valence electrons. The van der Waals surface area contributed by atoms with Crippen LogP contribution in [0.15, 0.2) is 42.5 Å². The van der Waals surface area contributed by atoms with Crippen molar-refractivity contribution in [3.05, 3.63) is 69.5 Å². The molecule has 0 bridgehead atoms. The summed E-state index contributed by atoms with van der Waals surface area (Å²) in [5.74, 6) is -2.00. The lowest BCUT2D eigenvalue weighted by molar-refractivity contribution is -0.147. The van der Waals surface area contributed by atoms with Gasteiger partial charge in [0.1, 0.15) is 5.82 Å². The number of esters is 1. The van der Waals surface area contributed by atoms with E-state index in [0.29, 0.717) is 10.6 Å². The molecule has 7 heteroatoms. The van der Waals surface area contributed by atoms with Crippen LogP contribution in [0.1, 0.15) is 42.2 Å². The number of carbonyl (C=O) groups excluding carboxylic acids is 2. The van der Waals surface area contributed by atoms with Crippen LogP contribution in [0, 0.1) is 5.82 Å². The van der Waals surface area contributed by atoms with Crippen molar-refractivity contribution in [2.45, 2.75) is 32.4 Å². The van der Waals surface area contributed by atoms with Crippen LogP contribution >= 0.6 is 23.2 Å². The molecule has 0 spiro atoms. The number of halogens is 3. The molecule has 1 amide bonds. The lowest BCUT2D eigenvalue weighted by Crippen LogP contribution is -2.32. The molecule has 0 radical (unpaired) electrons. The van der Waals surface area contributed by atoms with Crippen molar-refractivity contribution in [3.63, 3.8) is 0 Å². The molecule has 0 aliphatic rings. The summed E-state index contributed by atoms with van der Waals surface area (Å²) >= 11 is 12.1. The van der Waals surface area contributed by atoms with E-state index in [9.17, 15) is 14.0 Å². The first-order valence-corrected chi connectivity index (χ1v) is 8.74. The average Bonchev–Trinajstić information content (AvgIpc) is 2.53. The maximum Gasteiger partial charge on any atom is 0.308 e. The summed E-state index contributed by atoms with van der Waals surface area (Å²) in [7, 11) is 0. The van der Waals surface area contributed by atoms with E-state index in [2.05, 4.69) is 5.32 Å². The van der Waals surface area contributed by atoms with Crippen LogP contribution in [0.4, 0.5) is 4.39 Å². The van der Waals surface area contributed by atoms with Gasteiger partial charge in [-0.15, -0.1) is 0 Å². The Morgan fingerprint density at radius 1 is 1.08 bits per heavy atom. The van der Waals surface area contributed by atoms with Crippen LogP contribution in [-0.4, -0.2) is 18.0 Å². The van der Waals surface area contributed by atoms with Gasteiger partial charge < -0.3 is 10.1 Å². The number of carbonyl (C=O) groups is 2. The van der Waals surface area contributed by atoms with Gasteiger partial charge in [0.25, 0.3) is 5.91 Å². The molecule has 2 aromatic rings. The fourth-order valence-corrected chi connectivity index (χ4v) is 2.94. The van der Waals surface area contributed by atoms with E-state index >= 15 is 0 Å². The summed E-state index contributed by atoms with van der Waals surface area (Å²) < 4.78 is 19.1. The largest absolute Gasteiger partial charge is 0.463 e. The molecule has 0 aliphatic heterocycles. The Balaban J connectivity index is 2.31. The summed E-state index contributed by atoms with van der Waals surface area (Å²) in [4.78, 5) is 24.6. The molecule has 4 nitrogen and oxygen atoms in total. The molecule has 0 fully saturated rings. The van der Waals surface area contributed by atoms with E-state index < -0.39 is 23.7 Å². The molecule has 2 rings (SSSR count). The number of hydrogen-bond acceptors (Lipinski definition) is 3. The van der Waals surface area contributed by atoms with Crippen LogP contribution in [-0.2, 0) is 9.53 Å². The standard InChI is InChI=1S/C19H18Cl2FNO3/c1-11(2)26-17(24)10-16(12-6-3-4-7-13(12)20)23-19(25)18-14(21)8-5-9-15(18)22/h3-9,11,16H,10H2,1-2H3,(H,23,25). The highest BCUT2D eigenvalue weighted by molar-refractivity contribution is 6.34. The monoisotopic (exact) mass is 397 g/mol. The minimum Gasteiger partial charge on any atom is -0.463 e. The van der Waals surface area contributed by atoms with Crippen molar-refractivity contribution in [2.24, 2.45) is 0 Å². The van der Waals surface area contributed by atoms with Gasteiger partial charge in [-0.25, -0.2) is 4.39 Å². The van der Waals surface area contributed by atoms with Crippen LogP contribution in [0.3, 0.4) is 0 Å². The third-order valence-electron chi connectivity index (χ3n) is 3.51. The van der Waals surface area contributed by atoms with E-state index in [4.69, 9.17) is 27.9 Å². The Morgan fingerprint density at radius 3 is 2.35 bits per heavy atom. The summed E-state index contributed by atoms with van der Waals surface area (Å²) in [6.45, 7) is 3.44. The van der Waals surface area contributed by atoms with Crippen molar-refractivity contribution in [2.75, 3.05) is 0 Å². The van der Waals surface area contributed by atoms with Gasteiger partial charge in [-0.1, -0.05) is 47.5 Å². The number of rotatable bonds is 6. The van der Waals surface area contributed by atoms with Gasteiger partial charge >= 0.3 is 5.97 Å². The minimum absolute atomic E-state index is 0.0230. The second-order valence-corrected chi connectivity index (χ2v) is 6.70. The van der Waals surface area contributed by atoms with Gasteiger partial charge in [-0.05, 0) is 37.6 Å². The molecule has 1 unspecified atom stereocenters. The maximum absolute atomic E-state index is 14.0.